The summed E-state index contributed by atoms with van der Waals surface area (Å²) in [6, 6.07) is 6.52. The van der Waals surface area contributed by atoms with Crippen molar-refractivity contribution in [3.8, 4) is 11.3 Å². The monoisotopic (exact) mass is 257 g/mol. The van der Waals surface area contributed by atoms with Gasteiger partial charge in [-0.25, -0.2) is 4.98 Å². The molecule has 3 aromatic rings. The zero-order chi connectivity index (χ0) is 12.9. The van der Waals surface area contributed by atoms with Crippen LogP contribution in [0.4, 0.5) is 5.13 Å². The molecule has 4 heteroatoms. The molecule has 0 aliphatic carbocycles. The smallest absolute Gasteiger partial charge is 0.180 e. The van der Waals surface area contributed by atoms with E-state index in [1.807, 2.05) is 5.38 Å². The molecule has 0 atom stereocenters. The van der Waals surface area contributed by atoms with Gasteiger partial charge in [-0.1, -0.05) is 12.1 Å². The first-order chi connectivity index (χ1) is 8.58. The van der Waals surface area contributed by atoms with Crippen molar-refractivity contribution in [3.05, 3.63) is 34.8 Å². The second-order valence-electron chi connectivity index (χ2n) is 4.61. The Bertz CT molecular complexity index is 737. The van der Waals surface area contributed by atoms with E-state index in [1.54, 1.807) is 0 Å². The van der Waals surface area contributed by atoms with Crippen LogP contribution in [0.15, 0.2) is 23.6 Å². The number of fused-ring (bicyclic) bond motifs is 1. The second-order valence-corrected chi connectivity index (χ2v) is 5.50. The number of benzene rings is 1. The van der Waals surface area contributed by atoms with E-state index in [1.165, 1.54) is 39.1 Å². The van der Waals surface area contributed by atoms with Crippen LogP contribution in [-0.4, -0.2) is 9.55 Å². The van der Waals surface area contributed by atoms with Crippen LogP contribution in [0.5, 0.6) is 0 Å². The maximum absolute atomic E-state index is 5.74. The van der Waals surface area contributed by atoms with E-state index in [4.69, 9.17) is 5.73 Å². The fraction of sp³-hybridized carbons (Fsp3) is 0.214. The standard InChI is InChI=1S/C14H15N3S/c1-8-4-5-10-12(6-8)17(3)9(2)13(10)11-7-18-14(15)16-11/h4-7H,1-3H3,(H2,15,16). The largest absolute Gasteiger partial charge is 0.375 e. The van der Waals surface area contributed by atoms with E-state index in [0.29, 0.717) is 5.13 Å². The minimum atomic E-state index is 0.619. The van der Waals surface area contributed by atoms with Crippen LogP contribution in [0.25, 0.3) is 22.2 Å². The lowest BCUT2D eigenvalue weighted by molar-refractivity contribution is 0.918. The Morgan fingerprint density at radius 3 is 2.72 bits per heavy atom. The van der Waals surface area contributed by atoms with Gasteiger partial charge in [-0.15, -0.1) is 11.3 Å². The van der Waals surface area contributed by atoms with Gasteiger partial charge in [-0.2, -0.15) is 0 Å². The van der Waals surface area contributed by atoms with Crippen LogP contribution in [0.2, 0.25) is 0 Å². The van der Waals surface area contributed by atoms with Crippen molar-refractivity contribution < 1.29 is 0 Å². The highest BCUT2D eigenvalue weighted by Crippen LogP contribution is 2.35. The predicted octanol–water partition coefficient (Wildman–Crippen LogP) is 3.50. The van der Waals surface area contributed by atoms with Crippen LogP contribution in [0.1, 0.15) is 11.3 Å². The molecule has 0 saturated carbocycles. The maximum Gasteiger partial charge on any atom is 0.180 e. The highest BCUT2D eigenvalue weighted by atomic mass is 32.1. The van der Waals surface area contributed by atoms with Crippen LogP contribution in [0.3, 0.4) is 0 Å². The van der Waals surface area contributed by atoms with Gasteiger partial charge in [-0.05, 0) is 25.5 Å². The molecule has 0 saturated heterocycles. The molecular formula is C14H15N3S. The third-order valence-corrected chi connectivity index (χ3v) is 4.10. The van der Waals surface area contributed by atoms with Crippen molar-refractivity contribution in [2.24, 2.45) is 7.05 Å². The first-order valence-electron chi connectivity index (χ1n) is 5.85. The highest BCUT2D eigenvalue weighted by Gasteiger charge is 2.15. The Labute approximate surface area is 110 Å². The molecule has 0 aliphatic heterocycles. The normalized spacial score (nSPS) is 11.3. The van der Waals surface area contributed by atoms with Gasteiger partial charge in [-0.3, -0.25) is 0 Å². The maximum atomic E-state index is 5.74. The first-order valence-corrected chi connectivity index (χ1v) is 6.73. The SMILES string of the molecule is Cc1ccc2c(-c3csc(N)n3)c(C)n(C)c2c1. The predicted molar refractivity (Wildman–Crippen MR) is 77.9 cm³/mol. The Kier molecular flexibility index (Phi) is 2.41. The summed E-state index contributed by atoms with van der Waals surface area (Å²) in [5, 5.41) is 3.89. The van der Waals surface area contributed by atoms with E-state index in [2.05, 4.69) is 48.6 Å². The summed E-state index contributed by atoms with van der Waals surface area (Å²) < 4.78 is 2.22. The third kappa shape index (κ3) is 1.53. The minimum absolute atomic E-state index is 0.619. The lowest BCUT2D eigenvalue weighted by Crippen LogP contribution is -1.91. The van der Waals surface area contributed by atoms with E-state index < -0.39 is 0 Å². The van der Waals surface area contributed by atoms with Gasteiger partial charge in [0.2, 0.25) is 0 Å². The molecule has 3 nitrogen and oxygen atoms in total. The van der Waals surface area contributed by atoms with Gasteiger partial charge >= 0.3 is 0 Å². The van der Waals surface area contributed by atoms with Crippen molar-refractivity contribution in [2.75, 3.05) is 5.73 Å². The number of thiazole rings is 1. The molecule has 0 radical (unpaired) electrons. The molecule has 0 bridgehead atoms. The molecule has 0 spiro atoms. The van der Waals surface area contributed by atoms with Gasteiger partial charge < -0.3 is 10.3 Å². The summed E-state index contributed by atoms with van der Waals surface area (Å²) in [5.74, 6) is 0. The van der Waals surface area contributed by atoms with Gasteiger partial charge in [0.1, 0.15) is 0 Å². The topological polar surface area (TPSA) is 43.8 Å². The minimum Gasteiger partial charge on any atom is -0.375 e. The number of nitrogens with zero attached hydrogens (tertiary/aromatic N) is 2. The molecule has 2 N–H and O–H groups in total. The number of rotatable bonds is 1. The van der Waals surface area contributed by atoms with Gasteiger partial charge in [0.15, 0.2) is 5.13 Å². The molecule has 18 heavy (non-hydrogen) atoms. The van der Waals surface area contributed by atoms with Crippen LogP contribution in [0, 0.1) is 13.8 Å². The fourth-order valence-electron chi connectivity index (χ4n) is 2.40. The average molecular weight is 257 g/mol. The molecule has 2 aromatic heterocycles. The number of hydrogen-bond acceptors (Lipinski definition) is 3. The van der Waals surface area contributed by atoms with Gasteiger partial charge in [0.25, 0.3) is 0 Å². The molecule has 92 valence electrons. The quantitative estimate of drug-likeness (QED) is 0.725. The molecule has 0 fully saturated rings. The summed E-state index contributed by atoms with van der Waals surface area (Å²) in [4.78, 5) is 4.41. The fourth-order valence-corrected chi connectivity index (χ4v) is 2.95. The summed E-state index contributed by atoms with van der Waals surface area (Å²) in [6.07, 6.45) is 0. The van der Waals surface area contributed by atoms with Crippen LogP contribution < -0.4 is 5.73 Å². The second kappa shape index (κ2) is 3.85. The number of aromatic nitrogens is 2. The van der Waals surface area contributed by atoms with E-state index in [9.17, 15) is 0 Å². The summed E-state index contributed by atoms with van der Waals surface area (Å²) in [5.41, 5.74) is 11.7. The molecular weight excluding hydrogens is 242 g/mol. The Morgan fingerprint density at radius 2 is 2.06 bits per heavy atom. The molecule has 0 unspecified atom stereocenters. The summed E-state index contributed by atoms with van der Waals surface area (Å²) in [6.45, 7) is 4.24. The van der Waals surface area contributed by atoms with Crippen molar-refractivity contribution in [1.29, 1.82) is 0 Å². The number of nitrogens with two attached hydrogens (primary N) is 1. The third-order valence-electron chi connectivity index (χ3n) is 3.43. The Hall–Kier alpha value is -1.81. The summed E-state index contributed by atoms with van der Waals surface area (Å²) in [7, 11) is 2.09. The first kappa shape index (κ1) is 11.3. The van der Waals surface area contributed by atoms with Gasteiger partial charge in [0.05, 0.1) is 5.69 Å². The number of nitrogen functional groups attached to an aromatic ring is 1. The lowest BCUT2D eigenvalue weighted by Gasteiger charge is -1.99. The Morgan fingerprint density at radius 1 is 1.28 bits per heavy atom. The zero-order valence-corrected chi connectivity index (χ0v) is 11.5. The molecule has 0 aliphatic rings. The van der Waals surface area contributed by atoms with E-state index in [0.717, 1.165) is 5.69 Å². The Balaban J connectivity index is 2.39. The van der Waals surface area contributed by atoms with Crippen molar-refractivity contribution in [1.82, 2.24) is 9.55 Å². The summed E-state index contributed by atoms with van der Waals surface area (Å²) >= 11 is 1.49. The van der Waals surface area contributed by atoms with Crippen LogP contribution in [-0.2, 0) is 7.05 Å². The van der Waals surface area contributed by atoms with Crippen LogP contribution >= 0.6 is 11.3 Å². The molecule has 2 heterocycles. The molecule has 0 amide bonds. The van der Waals surface area contributed by atoms with Gasteiger partial charge in [0, 0.05) is 34.6 Å². The number of hydrogen-bond donors (Lipinski definition) is 1. The number of anilines is 1. The highest BCUT2D eigenvalue weighted by molar-refractivity contribution is 7.13. The molecule has 3 rings (SSSR count). The molecule has 1 aromatic carbocycles. The van der Waals surface area contributed by atoms with E-state index in [-0.39, 0.29) is 0 Å². The van der Waals surface area contributed by atoms with E-state index >= 15 is 0 Å². The average Bonchev–Trinajstić information content (AvgIpc) is 2.85. The van der Waals surface area contributed by atoms with Crippen molar-refractivity contribution in [3.63, 3.8) is 0 Å². The zero-order valence-electron chi connectivity index (χ0n) is 10.7. The lowest BCUT2D eigenvalue weighted by atomic mass is 10.1. The van der Waals surface area contributed by atoms with Crippen molar-refractivity contribution >= 4 is 27.4 Å². The number of aryl methyl sites for hydroxylation is 2. The van der Waals surface area contributed by atoms with Crippen molar-refractivity contribution in [2.45, 2.75) is 13.8 Å².